The zero-order chi connectivity index (χ0) is 15.1. The number of hydrogen-bond donors (Lipinski definition) is 2. The normalized spacial score (nSPS) is 10.1. The van der Waals surface area contributed by atoms with Crippen LogP contribution < -0.4 is 10.6 Å². The number of thiophene rings is 1. The molecular weight excluding hydrogens is 308 g/mol. The van der Waals surface area contributed by atoms with Crippen LogP contribution in [-0.2, 0) is 4.79 Å². The lowest BCUT2D eigenvalue weighted by atomic mass is 10.2. The molecule has 6 heteroatoms. The van der Waals surface area contributed by atoms with Gasteiger partial charge in [0.2, 0.25) is 5.91 Å². The van der Waals surface area contributed by atoms with Gasteiger partial charge in [-0.1, -0.05) is 23.7 Å². The SMILES string of the molecule is O=C(CCCNC(=O)c1ccsc1)Nc1ccccc1Cl. The van der Waals surface area contributed by atoms with Crippen LogP contribution in [0.5, 0.6) is 0 Å². The van der Waals surface area contributed by atoms with Crippen molar-refractivity contribution in [2.45, 2.75) is 12.8 Å². The lowest BCUT2D eigenvalue weighted by molar-refractivity contribution is -0.116. The molecule has 1 aromatic carbocycles. The summed E-state index contributed by atoms with van der Waals surface area (Å²) in [5, 5.41) is 9.68. The summed E-state index contributed by atoms with van der Waals surface area (Å²) in [6.07, 6.45) is 0.904. The molecule has 0 saturated heterocycles. The molecular formula is C15H15ClN2O2S. The second-order valence-corrected chi connectivity index (χ2v) is 5.59. The van der Waals surface area contributed by atoms with E-state index in [4.69, 9.17) is 11.6 Å². The van der Waals surface area contributed by atoms with Crippen LogP contribution in [0, 0.1) is 0 Å². The fourth-order valence-corrected chi connectivity index (χ4v) is 2.54. The molecule has 0 bridgehead atoms. The Kier molecular flexibility index (Phi) is 5.78. The van der Waals surface area contributed by atoms with E-state index in [1.807, 2.05) is 11.4 Å². The Morgan fingerprint density at radius 3 is 2.71 bits per heavy atom. The molecule has 0 fully saturated rings. The zero-order valence-electron chi connectivity index (χ0n) is 11.3. The number of amides is 2. The molecule has 2 rings (SSSR count). The molecule has 0 aliphatic rings. The molecule has 2 amide bonds. The van der Waals surface area contributed by atoms with E-state index in [0.29, 0.717) is 35.7 Å². The Bertz CT molecular complexity index is 614. The minimum absolute atomic E-state index is 0.109. The second kappa shape index (κ2) is 7.81. The van der Waals surface area contributed by atoms with Gasteiger partial charge < -0.3 is 10.6 Å². The number of carbonyl (C=O) groups excluding carboxylic acids is 2. The first-order chi connectivity index (χ1) is 10.2. The standard InChI is InChI=1S/C15H15ClN2O2S/c16-12-4-1-2-5-13(12)18-14(19)6-3-8-17-15(20)11-7-9-21-10-11/h1-2,4-5,7,9-10H,3,6,8H2,(H,17,20)(H,18,19). The molecule has 0 saturated carbocycles. The number of anilines is 1. The van der Waals surface area contributed by atoms with E-state index in [1.54, 1.807) is 29.6 Å². The van der Waals surface area contributed by atoms with Gasteiger partial charge in [-0.2, -0.15) is 11.3 Å². The van der Waals surface area contributed by atoms with Crippen LogP contribution in [0.4, 0.5) is 5.69 Å². The van der Waals surface area contributed by atoms with E-state index in [1.165, 1.54) is 11.3 Å². The van der Waals surface area contributed by atoms with E-state index in [-0.39, 0.29) is 11.8 Å². The first-order valence-electron chi connectivity index (χ1n) is 6.51. The molecule has 0 unspecified atom stereocenters. The highest BCUT2D eigenvalue weighted by Gasteiger charge is 2.07. The first-order valence-corrected chi connectivity index (χ1v) is 7.83. The lowest BCUT2D eigenvalue weighted by Gasteiger charge is -2.07. The van der Waals surface area contributed by atoms with Crippen molar-refractivity contribution in [2.75, 3.05) is 11.9 Å². The zero-order valence-corrected chi connectivity index (χ0v) is 12.8. The topological polar surface area (TPSA) is 58.2 Å². The molecule has 0 aliphatic heterocycles. The molecule has 21 heavy (non-hydrogen) atoms. The van der Waals surface area contributed by atoms with Crippen LogP contribution in [0.25, 0.3) is 0 Å². The highest BCUT2D eigenvalue weighted by molar-refractivity contribution is 7.08. The summed E-state index contributed by atoms with van der Waals surface area (Å²) < 4.78 is 0. The summed E-state index contributed by atoms with van der Waals surface area (Å²) in [6.45, 7) is 0.463. The number of benzene rings is 1. The summed E-state index contributed by atoms with van der Waals surface area (Å²) >= 11 is 7.43. The van der Waals surface area contributed by atoms with E-state index in [0.717, 1.165) is 0 Å². The van der Waals surface area contributed by atoms with E-state index in [2.05, 4.69) is 10.6 Å². The van der Waals surface area contributed by atoms with Gasteiger partial charge in [-0.25, -0.2) is 0 Å². The van der Waals surface area contributed by atoms with Crippen molar-refractivity contribution >= 4 is 40.4 Å². The molecule has 0 aliphatic carbocycles. The summed E-state index contributed by atoms with van der Waals surface area (Å²) in [7, 11) is 0. The molecule has 0 spiro atoms. The van der Waals surface area contributed by atoms with Crippen LogP contribution >= 0.6 is 22.9 Å². The Labute approximate surface area is 132 Å². The highest BCUT2D eigenvalue weighted by Crippen LogP contribution is 2.20. The van der Waals surface area contributed by atoms with Gasteiger partial charge in [-0.15, -0.1) is 0 Å². The van der Waals surface area contributed by atoms with Crippen LogP contribution in [0.15, 0.2) is 41.1 Å². The largest absolute Gasteiger partial charge is 0.352 e. The number of carbonyl (C=O) groups is 2. The first kappa shape index (κ1) is 15.5. The van der Waals surface area contributed by atoms with Gasteiger partial charge in [0.15, 0.2) is 0 Å². The summed E-state index contributed by atoms with van der Waals surface area (Å²) in [5.41, 5.74) is 1.26. The van der Waals surface area contributed by atoms with Gasteiger partial charge in [0.25, 0.3) is 5.91 Å². The lowest BCUT2D eigenvalue weighted by Crippen LogP contribution is -2.25. The maximum Gasteiger partial charge on any atom is 0.252 e. The quantitative estimate of drug-likeness (QED) is 0.799. The Morgan fingerprint density at radius 2 is 2.00 bits per heavy atom. The van der Waals surface area contributed by atoms with Crippen molar-refractivity contribution in [3.63, 3.8) is 0 Å². The third kappa shape index (κ3) is 4.88. The van der Waals surface area contributed by atoms with Crippen LogP contribution in [0.3, 0.4) is 0 Å². The van der Waals surface area contributed by atoms with Crippen molar-refractivity contribution < 1.29 is 9.59 Å². The van der Waals surface area contributed by atoms with E-state index < -0.39 is 0 Å². The number of para-hydroxylation sites is 1. The van der Waals surface area contributed by atoms with Gasteiger partial charge in [0, 0.05) is 23.9 Å². The van der Waals surface area contributed by atoms with E-state index in [9.17, 15) is 9.59 Å². The minimum Gasteiger partial charge on any atom is -0.352 e. The van der Waals surface area contributed by atoms with Gasteiger partial charge in [-0.3, -0.25) is 9.59 Å². The van der Waals surface area contributed by atoms with Gasteiger partial charge in [0.05, 0.1) is 10.7 Å². The number of halogens is 1. The smallest absolute Gasteiger partial charge is 0.252 e. The highest BCUT2D eigenvalue weighted by atomic mass is 35.5. The Morgan fingerprint density at radius 1 is 1.19 bits per heavy atom. The second-order valence-electron chi connectivity index (χ2n) is 4.40. The van der Waals surface area contributed by atoms with Crippen molar-refractivity contribution in [1.29, 1.82) is 0 Å². The van der Waals surface area contributed by atoms with Crippen LogP contribution in [0.1, 0.15) is 23.2 Å². The maximum atomic E-state index is 11.8. The van der Waals surface area contributed by atoms with Crippen molar-refractivity contribution in [3.05, 3.63) is 51.7 Å². The molecule has 1 aromatic heterocycles. The van der Waals surface area contributed by atoms with Crippen molar-refractivity contribution in [2.24, 2.45) is 0 Å². The average molecular weight is 323 g/mol. The molecule has 0 radical (unpaired) electrons. The monoisotopic (exact) mass is 322 g/mol. The third-order valence-electron chi connectivity index (χ3n) is 2.80. The summed E-state index contributed by atoms with van der Waals surface area (Å²) in [5.74, 6) is -0.226. The number of nitrogens with one attached hydrogen (secondary N) is 2. The molecule has 4 nitrogen and oxygen atoms in total. The Hall–Kier alpha value is -1.85. The molecule has 110 valence electrons. The van der Waals surface area contributed by atoms with Crippen molar-refractivity contribution in [1.82, 2.24) is 5.32 Å². The summed E-state index contributed by atoms with van der Waals surface area (Å²) in [4.78, 5) is 23.4. The third-order valence-corrected chi connectivity index (χ3v) is 3.81. The molecule has 2 aromatic rings. The van der Waals surface area contributed by atoms with Gasteiger partial charge >= 0.3 is 0 Å². The van der Waals surface area contributed by atoms with Gasteiger partial charge in [-0.05, 0) is 30.0 Å². The van der Waals surface area contributed by atoms with Gasteiger partial charge in [0.1, 0.15) is 0 Å². The average Bonchev–Trinajstić information content (AvgIpc) is 3.00. The molecule has 0 atom stereocenters. The fraction of sp³-hybridized carbons (Fsp3) is 0.200. The molecule has 1 heterocycles. The maximum absolute atomic E-state index is 11.8. The van der Waals surface area contributed by atoms with E-state index >= 15 is 0 Å². The number of rotatable bonds is 6. The predicted molar refractivity (Wildman–Crippen MR) is 86.0 cm³/mol. The number of hydrogen-bond acceptors (Lipinski definition) is 3. The predicted octanol–water partition coefficient (Wildman–Crippen LogP) is 3.55. The van der Waals surface area contributed by atoms with Crippen LogP contribution in [-0.4, -0.2) is 18.4 Å². The fourth-order valence-electron chi connectivity index (χ4n) is 1.72. The summed E-state index contributed by atoms with van der Waals surface area (Å²) in [6, 6.07) is 8.85. The molecule has 2 N–H and O–H groups in total. The van der Waals surface area contributed by atoms with Crippen LogP contribution in [0.2, 0.25) is 5.02 Å². The Balaban J connectivity index is 1.68. The van der Waals surface area contributed by atoms with Crippen molar-refractivity contribution in [3.8, 4) is 0 Å². The minimum atomic E-state index is -0.118.